The Kier molecular flexibility index (Phi) is 7.33. The molecule has 0 aromatic heterocycles. The maximum absolute atomic E-state index is 9.68. The zero-order valence-electron chi connectivity index (χ0n) is 16.0. The number of hydrogen-bond donors (Lipinski definition) is 3. The van der Waals surface area contributed by atoms with Gasteiger partial charge in [-0.25, -0.2) is 0 Å². The first-order valence-electron chi connectivity index (χ1n) is 9.01. The van der Waals surface area contributed by atoms with Crippen molar-refractivity contribution >= 4 is 5.96 Å². The van der Waals surface area contributed by atoms with Crippen molar-refractivity contribution in [2.45, 2.75) is 33.2 Å². The molecule has 1 atom stereocenters. The highest BCUT2D eigenvalue weighted by atomic mass is 16.5. The van der Waals surface area contributed by atoms with Gasteiger partial charge in [0.2, 0.25) is 0 Å². The third-order valence-electron chi connectivity index (χ3n) is 4.27. The summed E-state index contributed by atoms with van der Waals surface area (Å²) in [5, 5.41) is 16.4. The fraction of sp³-hybridized carbons (Fsp3) is 0.381. The largest absolute Gasteiger partial charge is 0.504 e. The molecule has 2 rings (SSSR count). The summed E-state index contributed by atoms with van der Waals surface area (Å²) in [6.45, 7) is 7.76. The van der Waals surface area contributed by atoms with Crippen LogP contribution in [0.2, 0.25) is 0 Å². The molecule has 0 aliphatic rings. The summed E-state index contributed by atoms with van der Waals surface area (Å²) in [6.07, 6.45) is 0.770. The number of aryl methyl sites for hydroxylation is 1. The molecule has 0 aliphatic heterocycles. The Morgan fingerprint density at radius 1 is 1.23 bits per heavy atom. The van der Waals surface area contributed by atoms with Gasteiger partial charge >= 0.3 is 0 Å². The Hall–Kier alpha value is -2.69. The first-order valence-corrected chi connectivity index (χ1v) is 9.01. The van der Waals surface area contributed by atoms with Crippen molar-refractivity contribution in [3.05, 3.63) is 59.2 Å². The van der Waals surface area contributed by atoms with Gasteiger partial charge in [-0.1, -0.05) is 30.3 Å². The molecule has 1 unspecified atom stereocenters. The topological polar surface area (TPSA) is 65.9 Å². The minimum atomic E-state index is 0.154. The zero-order valence-corrected chi connectivity index (χ0v) is 16.0. The molecule has 5 heteroatoms. The summed E-state index contributed by atoms with van der Waals surface area (Å²) in [4.78, 5) is 4.67. The van der Waals surface area contributed by atoms with Crippen LogP contribution < -0.4 is 15.4 Å². The molecule has 5 nitrogen and oxygen atoms in total. The van der Waals surface area contributed by atoms with Gasteiger partial charge in [0.05, 0.1) is 13.2 Å². The van der Waals surface area contributed by atoms with Crippen molar-refractivity contribution in [1.82, 2.24) is 10.6 Å². The van der Waals surface area contributed by atoms with E-state index in [1.165, 1.54) is 11.1 Å². The molecule has 0 bridgehead atoms. The average molecular weight is 355 g/mol. The van der Waals surface area contributed by atoms with Crippen molar-refractivity contribution in [3.63, 3.8) is 0 Å². The van der Waals surface area contributed by atoms with Crippen LogP contribution in [0.5, 0.6) is 11.5 Å². The summed E-state index contributed by atoms with van der Waals surface area (Å²) < 4.78 is 5.15. The summed E-state index contributed by atoms with van der Waals surface area (Å²) in [7, 11) is 1.55. The Morgan fingerprint density at radius 3 is 2.69 bits per heavy atom. The fourth-order valence-corrected chi connectivity index (χ4v) is 2.85. The number of aromatic hydroxyl groups is 1. The van der Waals surface area contributed by atoms with Crippen molar-refractivity contribution < 1.29 is 9.84 Å². The Labute approximate surface area is 156 Å². The number of aliphatic imine (C=N–C) groups is 1. The quantitative estimate of drug-likeness (QED) is 0.525. The van der Waals surface area contributed by atoms with Crippen molar-refractivity contribution in [3.8, 4) is 11.5 Å². The number of benzene rings is 2. The number of nitrogens with zero attached hydrogens (tertiary/aromatic N) is 1. The molecule has 0 heterocycles. The third-order valence-corrected chi connectivity index (χ3v) is 4.27. The monoisotopic (exact) mass is 355 g/mol. The molecule has 140 valence electrons. The first kappa shape index (κ1) is 19.6. The minimum absolute atomic E-state index is 0.154. The Morgan fingerprint density at radius 2 is 2.00 bits per heavy atom. The van der Waals surface area contributed by atoms with Crippen LogP contribution in [0.3, 0.4) is 0 Å². The highest BCUT2D eigenvalue weighted by Gasteiger charge is 2.09. The number of ether oxygens (including phenoxy) is 1. The molecule has 0 amide bonds. The van der Waals surface area contributed by atoms with Crippen LogP contribution in [0.25, 0.3) is 0 Å². The standard InChI is InChI=1S/C21H29N3O2/c1-5-22-21(24-16(3)18-9-7-6-8-15(18)2)23-13-12-17-10-11-19(25)20(14-17)26-4/h6-11,14,16,25H,5,12-13H2,1-4H3,(H2,22,23,24). The second-order valence-electron chi connectivity index (χ2n) is 6.24. The molecule has 0 radical (unpaired) electrons. The number of guanidine groups is 1. The highest BCUT2D eigenvalue weighted by molar-refractivity contribution is 5.80. The van der Waals surface area contributed by atoms with E-state index < -0.39 is 0 Å². The van der Waals surface area contributed by atoms with E-state index in [0.717, 1.165) is 24.5 Å². The van der Waals surface area contributed by atoms with Gasteiger partial charge in [-0.05, 0) is 56.0 Å². The van der Waals surface area contributed by atoms with Crippen LogP contribution in [0.15, 0.2) is 47.5 Å². The Bertz CT molecular complexity index is 744. The number of methoxy groups -OCH3 is 1. The molecule has 0 aliphatic carbocycles. The normalized spacial score (nSPS) is 12.5. The number of rotatable bonds is 7. The van der Waals surface area contributed by atoms with Crippen LogP contribution in [0.4, 0.5) is 0 Å². The van der Waals surface area contributed by atoms with Gasteiger partial charge in [0.15, 0.2) is 17.5 Å². The van der Waals surface area contributed by atoms with Gasteiger partial charge in [-0.15, -0.1) is 0 Å². The molecule has 26 heavy (non-hydrogen) atoms. The Balaban J connectivity index is 2.01. The lowest BCUT2D eigenvalue weighted by atomic mass is 10.0. The molecule has 2 aromatic carbocycles. The van der Waals surface area contributed by atoms with E-state index in [-0.39, 0.29) is 11.8 Å². The van der Waals surface area contributed by atoms with E-state index in [1.807, 2.05) is 12.1 Å². The predicted molar refractivity (Wildman–Crippen MR) is 107 cm³/mol. The predicted octanol–water partition coefficient (Wildman–Crippen LogP) is 3.57. The smallest absolute Gasteiger partial charge is 0.191 e. The first-order chi connectivity index (χ1) is 12.5. The second kappa shape index (κ2) is 9.70. The van der Waals surface area contributed by atoms with Gasteiger partial charge < -0.3 is 20.5 Å². The van der Waals surface area contributed by atoms with E-state index >= 15 is 0 Å². The van der Waals surface area contributed by atoms with Crippen molar-refractivity contribution in [2.24, 2.45) is 4.99 Å². The lowest BCUT2D eigenvalue weighted by molar-refractivity contribution is 0.373. The SMILES string of the molecule is CCNC(=NCCc1ccc(O)c(OC)c1)NC(C)c1ccccc1C. The summed E-state index contributed by atoms with van der Waals surface area (Å²) in [5.41, 5.74) is 3.60. The molecule has 3 N–H and O–H groups in total. The van der Waals surface area contributed by atoms with Crippen molar-refractivity contribution in [2.75, 3.05) is 20.2 Å². The van der Waals surface area contributed by atoms with E-state index in [2.05, 4.69) is 60.7 Å². The van der Waals surface area contributed by atoms with E-state index in [9.17, 15) is 5.11 Å². The van der Waals surface area contributed by atoms with Gasteiger partial charge in [0.1, 0.15) is 0 Å². The van der Waals surface area contributed by atoms with Gasteiger partial charge in [-0.2, -0.15) is 0 Å². The molecule has 0 saturated heterocycles. The number of hydrogen-bond acceptors (Lipinski definition) is 3. The number of nitrogens with one attached hydrogen (secondary N) is 2. The number of phenolic OH excluding ortho intramolecular Hbond substituents is 1. The van der Waals surface area contributed by atoms with Crippen molar-refractivity contribution in [1.29, 1.82) is 0 Å². The third kappa shape index (κ3) is 5.41. The highest BCUT2D eigenvalue weighted by Crippen LogP contribution is 2.26. The summed E-state index contributed by atoms with van der Waals surface area (Å²) >= 11 is 0. The lowest BCUT2D eigenvalue weighted by Gasteiger charge is -2.19. The molecular formula is C21H29N3O2. The van der Waals surface area contributed by atoms with Crippen LogP contribution in [0.1, 0.15) is 36.6 Å². The van der Waals surface area contributed by atoms with Crippen LogP contribution in [0, 0.1) is 6.92 Å². The lowest BCUT2D eigenvalue weighted by Crippen LogP contribution is -2.39. The fourth-order valence-electron chi connectivity index (χ4n) is 2.85. The molecule has 0 saturated carbocycles. The van der Waals surface area contributed by atoms with Gasteiger partial charge in [0, 0.05) is 13.1 Å². The molecular weight excluding hydrogens is 326 g/mol. The average Bonchev–Trinajstić information content (AvgIpc) is 2.63. The maximum atomic E-state index is 9.68. The van der Waals surface area contributed by atoms with E-state index in [0.29, 0.717) is 12.3 Å². The van der Waals surface area contributed by atoms with Gasteiger partial charge in [-0.3, -0.25) is 4.99 Å². The minimum Gasteiger partial charge on any atom is -0.504 e. The van der Waals surface area contributed by atoms with Gasteiger partial charge in [0.25, 0.3) is 0 Å². The zero-order chi connectivity index (χ0) is 18.9. The molecule has 0 fully saturated rings. The summed E-state index contributed by atoms with van der Waals surface area (Å²) in [5.74, 6) is 1.44. The number of phenols is 1. The molecule has 0 spiro atoms. The van der Waals surface area contributed by atoms with E-state index in [1.54, 1.807) is 13.2 Å². The maximum Gasteiger partial charge on any atom is 0.191 e. The van der Waals surface area contributed by atoms with Crippen LogP contribution in [-0.4, -0.2) is 31.3 Å². The molecule has 2 aromatic rings. The van der Waals surface area contributed by atoms with Crippen LogP contribution in [-0.2, 0) is 6.42 Å². The van der Waals surface area contributed by atoms with Crippen LogP contribution >= 0.6 is 0 Å². The second-order valence-corrected chi connectivity index (χ2v) is 6.24. The summed E-state index contributed by atoms with van der Waals surface area (Å²) in [6, 6.07) is 13.9. The van der Waals surface area contributed by atoms with E-state index in [4.69, 9.17) is 4.74 Å².